The second-order valence-corrected chi connectivity index (χ2v) is 13.9. The van der Waals surface area contributed by atoms with Crippen LogP contribution in [0.1, 0.15) is 91.1 Å². The summed E-state index contributed by atoms with van der Waals surface area (Å²) in [6, 6.07) is -2.25. The number of nitrogens with one attached hydrogen (secondary N) is 1. The van der Waals surface area contributed by atoms with Gasteiger partial charge in [0.25, 0.3) is 5.56 Å². The predicted molar refractivity (Wildman–Crippen MR) is 182 cm³/mol. The Morgan fingerprint density at radius 3 is 2.07 bits per heavy atom. The lowest BCUT2D eigenvalue weighted by Gasteiger charge is -2.31. The molecule has 0 spiro atoms. The summed E-state index contributed by atoms with van der Waals surface area (Å²) in [5, 5.41) is 2.24. The smallest absolute Gasteiger partial charge is 0.419 e. The molecule has 1 aromatic heterocycles. The normalized spacial score (nSPS) is 14.9. The highest BCUT2D eigenvalue weighted by Gasteiger charge is 2.41. The summed E-state index contributed by atoms with van der Waals surface area (Å²) in [6.45, 7) is 9.95. The van der Waals surface area contributed by atoms with E-state index in [0.717, 1.165) is 23.3 Å². The molecule has 0 aliphatic carbocycles. The van der Waals surface area contributed by atoms with E-state index in [1.807, 2.05) is 4.90 Å². The Morgan fingerprint density at radius 1 is 0.907 bits per heavy atom. The second-order valence-electron chi connectivity index (χ2n) is 13.9. The van der Waals surface area contributed by atoms with E-state index in [4.69, 9.17) is 4.74 Å². The van der Waals surface area contributed by atoms with Gasteiger partial charge in [-0.25, -0.2) is 13.2 Å². The molecule has 2 aromatic carbocycles. The molecular formula is C38H42F9N3O4. The fraction of sp³-hybridized carbons (Fsp3) is 0.500. The van der Waals surface area contributed by atoms with Gasteiger partial charge in [-0.3, -0.25) is 14.4 Å². The molecule has 4 rings (SSSR count). The molecule has 3 aromatic rings. The van der Waals surface area contributed by atoms with Gasteiger partial charge in [-0.1, -0.05) is 13.8 Å². The van der Waals surface area contributed by atoms with Gasteiger partial charge in [-0.2, -0.15) is 26.3 Å². The van der Waals surface area contributed by atoms with Crippen molar-refractivity contribution in [2.24, 2.45) is 5.92 Å². The maximum atomic E-state index is 16.7. The van der Waals surface area contributed by atoms with E-state index in [9.17, 15) is 45.1 Å². The van der Waals surface area contributed by atoms with Gasteiger partial charge < -0.3 is 19.5 Å². The molecule has 1 N–H and O–H groups in total. The van der Waals surface area contributed by atoms with Crippen molar-refractivity contribution in [3.63, 3.8) is 0 Å². The van der Waals surface area contributed by atoms with Gasteiger partial charge in [0.05, 0.1) is 30.2 Å². The van der Waals surface area contributed by atoms with Crippen molar-refractivity contribution in [3.05, 3.63) is 91.1 Å². The highest BCUT2D eigenvalue weighted by Crippen LogP contribution is 2.43. The molecule has 1 fully saturated rings. The minimum Gasteiger partial charge on any atom is -0.466 e. The molecule has 1 amide bonds. The maximum Gasteiger partial charge on any atom is 0.419 e. The number of carbonyl (C=O) groups excluding carboxylic acids is 2. The van der Waals surface area contributed by atoms with Crippen molar-refractivity contribution >= 4 is 11.9 Å². The summed E-state index contributed by atoms with van der Waals surface area (Å²) >= 11 is 0. The average Bonchev–Trinajstić information content (AvgIpc) is 3.02. The Kier molecular flexibility index (Phi) is 13.0. The molecule has 0 radical (unpaired) electrons. The number of likely N-dealkylation sites (tertiary alicyclic amines) is 1. The molecule has 16 heteroatoms. The molecular weight excluding hydrogens is 733 g/mol. The van der Waals surface area contributed by atoms with E-state index >= 15 is 8.78 Å². The molecule has 54 heavy (non-hydrogen) atoms. The van der Waals surface area contributed by atoms with E-state index in [0.29, 0.717) is 19.2 Å². The lowest BCUT2D eigenvalue weighted by molar-refractivity contribution is -0.144. The van der Waals surface area contributed by atoms with E-state index in [2.05, 4.69) is 5.32 Å². The van der Waals surface area contributed by atoms with Gasteiger partial charge in [0.15, 0.2) is 0 Å². The van der Waals surface area contributed by atoms with Gasteiger partial charge in [0, 0.05) is 29.9 Å². The summed E-state index contributed by atoms with van der Waals surface area (Å²) in [5.74, 6) is -7.24. The van der Waals surface area contributed by atoms with Crippen LogP contribution in [0.5, 0.6) is 0 Å². The molecule has 1 aliphatic rings. The van der Waals surface area contributed by atoms with Crippen molar-refractivity contribution < 1.29 is 53.8 Å². The number of pyridine rings is 1. The van der Waals surface area contributed by atoms with Crippen molar-refractivity contribution in [3.8, 4) is 11.1 Å². The topological polar surface area (TPSA) is 80.6 Å². The Labute approximate surface area is 306 Å². The van der Waals surface area contributed by atoms with Crippen molar-refractivity contribution in [1.82, 2.24) is 14.8 Å². The van der Waals surface area contributed by atoms with Gasteiger partial charge in [-0.15, -0.1) is 0 Å². The molecule has 2 unspecified atom stereocenters. The van der Waals surface area contributed by atoms with Crippen molar-refractivity contribution in [2.45, 2.75) is 91.7 Å². The van der Waals surface area contributed by atoms with Crippen LogP contribution in [0.15, 0.2) is 29.2 Å². The first-order valence-corrected chi connectivity index (χ1v) is 17.4. The van der Waals surface area contributed by atoms with Crippen LogP contribution < -0.4 is 10.9 Å². The van der Waals surface area contributed by atoms with E-state index in [1.165, 1.54) is 27.7 Å². The third-order valence-corrected chi connectivity index (χ3v) is 9.63. The van der Waals surface area contributed by atoms with E-state index < -0.39 is 93.9 Å². The minimum absolute atomic E-state index is 0.00903. The lowest BCUT2D eigenvalue weighted by atomic mass is 9.87. The van der Waals surface area contributed by atoms with Gasteiger partial charge in [0.1, 0.15) is 23.5 Å². The summed E-state index contributed by atoms with van der Waals surface area (Å²) in [6.07, 6.45) is -9.99. The summed E-state index contributed by atoms with van der Waals surface area (Å²) in [7, 11) is 0. The van der Waals surface area contributed by atoms with E-state index in [1.54, 1.807) is 13.8 Å². The number of nitrogens with zero attached hydrogens (tertiary/aromatic N) is 2. The van der Waals surface area contributed by atoms with Crippen LogP contribution in [0.4, 0.5) is 39.5 Å². The Bertz CT molecular complexity index is 1950. The predicted octanol–water partition coefficient (Wildman–Crippen LogP) is 8.54. The van der Waals surface area contributed by atoms with Crippen LogP contribution in [0.3, 0.4) is 0 Å². The third-order valence-electron chi connectivity index (χ3n) is 9.63. The number of halogens is 9. The van der Waals surface area contributed by atoms with Crippen molar-refractivity contribution in [1.29, 1.82) is 0 Å². The molecule has 7 nitrogen and oxygen atoms in total. The van der Waals surface area contributed by atoms with E-state index in [-0.39, 0.29) is 59.9 Å². The SMILES string of the molecule is CCOC(=O)CC(NC(=O)C(CC(C)C)n1cc(CCN2CCC2)c(C(F)(F)F)cc1=O)c1c(F)c(-c2c(C)cc(F)c(C)c2C)cc(C(F)(F)F)c1F. The first-order chi connectivity index (χ1) is 25.1. The Morgan fingerprint density at radius 2 is 1.54 bits per heavy atom. The molecule has 0 bridgehead atoms. The van der Waals surface area contributed by atoms with Crippen molar-refractivity contribution in [2.75, 3.05) is 26.2 Å². The number of aromatic nitrogens is 1. The number of esters is 1. The van der Waals surface area contributed by atoms with Crippen LogP contribution in [0, 0.1) is 44.1 Å². The number of rotatable bonds is 13. The first-order valence-electron chi connectivity index (χ1n) is 17.4. The van der Waals surface area contributed by atoms with Crippen LogP contribution >= 0.6 is 0 Å². The lowest BCUT2D eigenvalue weighted by Crippen LogP contribution is -2.41. The highest BCUT2D eigenvalue weighted by molar-refractivity contribution is 5.82. The van der Waals surface area contributed by atoms with Crippen LogP contribution in [0.25, 0.3) is 11.1 Å². The van der Waals surface area contributed by atoms with Crippen LogP contribution in [-0.4, -0.2) is 47.6 Å². The Balaban J connectivity index is 1.93. The van der Waals surface area contributed by atoms with Crippen LogP contribution in [-0.2, 0) is 33.1 Å². The number of aryl methyl sites for hydroxylation is 1. The number of amides is 1. The van der Waals surface area contributed by atoms with Gasteiger partial charge in [0.2, 0.25) is 5.91 Å². The summed E-state index contributed by atoms with van der Waals surface area (Å²) in [4.78, 5) is 42.2. The first kappa shape index (κ1) is 42.4. The monoisotopic (exact) mass is 775 g/mol. The summed E-state index contributed by atoms with van der Waals surface area (Å²) < 4.78 is 139. The third kappa shape index (κ3) is 9.29. The Hall–Kier alpha value is -4.34. The largest absolute Gasteiger partial charge is 0.466 e. The van der Waals surface area contributed by atoms with Crippen LogP contribution in [0.2, 0.25) is 0 Å². The number of alkyl halides is 6. The average molecular weight is 776 g/mol. The fourth-order valence-electron chi connectivity index (χ4n) is 6.65. The fourth-order valence-corrected chi connectivity index (χ4v) is 6.65. The number of hydrogen-bond donors (Lipinski definition) is 1. The molecule has 0 saturated carbocycles. The number of carbonyl (C=O) groups is 2. The molecule has 1 aliphatic heterocycles. The standard InChI is InChI=1S/C38H42F9N3O4/c1-7-54-31(52)17-28(33-34(40)24(15-26(35(33)41)38(45,46)47)32-20(4)14-27(39)21(5)22(32)6)48-36(53)29(13-19(2)3)50-18-23(9-12-49-10-8-11-49)25(16-30(50)51)37(42,43)44/h14-16,18-19,28-29H,7-13,17H2,1-6H3,(H,48,53). The van der Waals surface area contributed by atoms with Gasteiger partial charge >= 0.3 is 18.3 Å². The zero-order chi connectivity index (χ0) is 40.4. The molecule has 2 heterocycles. The second kappa shape index (κ2) is 16.6. The zero-order valence-electron chi connectivity index (χ0n) is 30.6. The number of ether oxygens (including phenoxy) is 1. The highest BCUT2D eigenvalue weighted by atomic mass is 19.4. The van der Waals surface area contributed by atoms with Gasteiger partial charge in [-0.05, 0) is 106 Å². The zero-order valence-corrected chi connectivity index (χ0v) is 30.6. The maximum absolute atomic E-state index is 16.7. The molecule has 2 atom stereocenters. The molecule has 1 saturated heterocycles. The molecule has 296 valence electrons. The number of benzene rings is 2. The number of hydrogen-bond acceptors (Lipinski definition) is 5. The quantitative estimate of drug-likeness (QED) is 0.139. The minimum atomic E-state index is -5.42. The summed E-state index contributed by atoms with van der Waals surface area (Å²) in [5.41, 5.74) is -6.95.